The minimum Gasteiger partial charge on any atom is -0.450 e. The summed E-state index contributed by atoms with van der Waals surface area (Å²) in [4.78, 5) is 23.3. The monoisotopic (exact) mass is 485 g/mol. The summed E-state index contributed by atoms with van der Waals surface area (Å²) >= 11 is 12.6. The van der Waals surface area contributed by atoms with E-state index in [4.69, 9.17) is 28.5 Å². The van der Waals surface area contributed by atoms with Crippen molar-refractivity contribution in [1.82, 2.24) is 5.32 Å². The molecule has 8 nitrogen and oxygen atoms in total. The van der Waals surface area contributed by atoms with Crippen LogP contribution >= 0.6 is 23.2 Å². The number of imide groups is 1. The molecule has 10 heteroatoms. The molecular formula is C23H21Cl2N5O3. The Bertz CT molecular complexity index is 1140. The molecule has 0 heterocycles. The Morgan fingerprint density at radius 2 is 1.82 bits per heavy atom. The minimum absolute atomic E-state index is 0.0689. The molecule has 2 aromatic rings. The highest BCUT2D eigenvalue weighted by molar-refractivity contribution is 6.46. The van der Waals surface area contributed by atoms with Crippen molar-refractivity contribution in [1.29, 1.82) is 10.5 Å². The molecule has 33 heavy (non-hydrogen) atoms. The van der Waals surface area contributed by atoms with Crippen LogP contribution in [0.15, 0.2) is 47.6 Å². The number of nitrogens with zero attached hydrogens (tertiary/aromatic N) is 3. The van der Waals surface area contributed by atoms with Gasteiger partial charge in [0.1, 0.15) is 11.5 Å². The molecule has 0 bridgehead atoms. The van der Waals surface area contributed by atoms with Gasteiger partial charge in [-0.15, -0.1) is 0 Å². The van der Waals surface area contributed by atoms with Crippen LogP contribution in [0.2, 0.25) is 10.0 Å². The normalized spacial score (nSPS) is 12.6. The number of carbonyl (C=O) groups is 2. The van der Waals surface area contributed by atoms with Crippen LogP contribution in [0.1, 0.15) is 37.8 Å². The topological polar surface area (TPSA) is 127 Å². The number of nitriles is 2. The first-order valence-electron chi connectivity index (χ1n) is 10.0. The number of hydrogen-bond acceptors (Lipinski definition) is 7. The summed E-state index contributed by atoms with van der Waals surface area (Å²) in [6.07, 6.45) is 0.282. The van der Waals surface area contributed by atoms with Crippen LogP contribution in [0.5, 0.6) is 0 Å². The van der Waals surface area contributed by atoms with E-state index in [1.165, 1.54) is 6.07 Å². The highest BCUT2D eigenvalue weighted by atomic mass is 35.5. The van der Waals surface area contributed by atoms with Crippen molar-refractivity contribution >= 4 is 46.6 Å². The highest BCUT2D eigenvalue weighted by Gasteiger charge is 2.35. The molecule has 2 N–H and O–H groups in total. The van der Waals surface area contributed by atoms with Crippen LogP contribution in [0.3, 0.4) is 0 Å². The first-order chi connectivity index (χ1) is 15.8. The Labute approximate surface area is 201 Å². The Morgan fingerprint density at radius 3 is 2.36 bits per heavy atom. The van der Waals surface area contributed by atoms with Gasteiger partial charge < -0.3 is 4.74 Å². The average Bonchev–Trinajstić information content (AvgIpc) is 2.79. The predicted molar refractivity (Wildman–Crippen MR) is 126 cm³/mol. The molecule has 0 saturated carbocycles. The Hall–Kier alpha value is -3.59. The molecule has 0 aliphatic rings. The van der Waals surface area contributed by atoms with Crippen molar-refractivity contribution in [2.45, 2.75) is 32.1 Å². The lowest BCUT2D eigenvalue weighted by Gasteiger charge is -2.28. The lowest BCUT2D eigenvalue weighted by atomic mass is 9.72. The molecule has 0 fully saturated rings. The molecule has 2 amide bonds. The van der Waals surface area contributed by atoms with Crippen molar-refractivity contribution in [3.63, 3.8) is 0 Å². The summed E-state index contributed by atoms with van der Waals surface area (Å²) in [6, 6.07) is 15.9. The predicted octanol–water partition coefficient (Wildman–Crippen LogP) is 5.17. The first kappa shape index (κ1) is 25.7. The molecule has 1 unspecified atom stereocenters. The van der Waals surface area contributed by atoms with E-state index in [0.717, 1.165) is 12.0 Å². The number of amides is 2. The van der Waals surface area contributed by atoms with Crippen LogP contribution in [0.25, 0.3) is 0 Å². The highest BCUT2D eigenvalue weighted by Crippen LogP contribution is 2.41. The fourth-order valence-corrected chi connectivity index (χ4v) is 3.69. The Kier molecular flexibility index (Phi) is 9.23. The zero-order valence-corrected chi connectivity index (χ0v) is 19.5. The minimum atomic E-state index is -1.01. The van der Waals surface area contributed by atoms with Crippen molar-refractivity contribution < 1.29 is 14.3 Å². The standard InChI is InChI=1S/C23H21Cl2N5O3/c1-3-11-23(14-27,15-5-7-16(24)8-6-15)18-10-9-17(12-19(18)25)29-30-20(13-26)21(31)28-22(32)33-4-2/h5-10,12,29H,3-4,11H2,1-2H3,(H,28,31,32). The van der Waals surface area contributed by atoms with Crippen molar-refractivity contribution in [3.8, 4) is 12.1 Å². The van der Waals surface area contributed by atoms with E-state index in [1.54, 1.807) is 49.4 Å². The number of nitrogens with one attached hydrogen (secondary N) is 2. The largest absolute Gasteiger partial charge is 0.450 e. The van der Waals surface area contributed by atoms with Gasteiger partial charge in [0, 0.05) is 10.0 Å². The summed E-state index contributed by atoms with van der Waals surface area (Å²) in [5.41, 5.74) is 2.73. The van der Waals surface area contributed by atoms with Gasteiger partial charge in [0.2, 0.25) is 5.71 Å². The van der Waals surface area contributed by atoms with Gasteiger partial charge in [-0.1, -0.05) is 54.7 Å². The lowest BCUT2D eigenvalue weighted by Crippen LogP contribution is -2.36. The van der Waals surface area contributed by atoms with Crippen molar-refractivity contribution in [3.05, 3.63) is 63.6 Å². The van der Waals surface area contributed by atoms with Crippen LogP contribution < -0.4 is 10.7 Å². The van der Waals surface area contributed by atoms with E-state index < -0.39 is 23.1 Å². The Balaban J connectivity index is 2.34. The molecule has 2 rings (SSSR count). The fraction of sp³-hybridized carbons (Fsp3) is 0.261. The number of alkyl carbamates (subject to hydrolysis) is 1. The summed E-state index contributed by atoms with van der Waals surface area (Å²) in [7, 11) is 0. The second kappa shape index (κ2) is 11.9. The van der Waals surface area contributed by atoms with Gasteiger partial charge in [-0.25, -0.2) is 4.79 Å². The van der Waals surface area contributed by atoms with Crippen molar-refractivity contribution in [2.75, 3.05) is 12.0 Å². The third kappa shape index (κ3) is 6.23. The zero-order chi connectivity index (χ0) is 24.4. The van der Waals surface area contributed by atoms with Gasteiger partial charge in [0.05, 0.1) is 18.4 Å². The van der Waals surface area contributed by atoms with E-state index >= 15 is 0 Å². The molecule has 0 aromatic heterocycles. The third-order valence-electron chi connectivity index (χ3n) is 4.69. The maximum atomic E-state index is 11.9. The summed E-state index contributed by atoms with van der Waals surface area (Å²) < 4.78 is 4.60. The number of anilines is 1. The van der Waals surface area contributed by atoms with Gasteiger partial charge in [0.15, 0.2) is 0 Å². The average molecular weight is 486 g/mol. The maximum absolute atomic E-state index is 11.9. The van der Waals surface area contributed by atoms with Gasteiger partial charge in [-0.05, 0) is 48.7 Å². The number of halogens is 2. The molecule has 1 atom stereocenters. The molecule has 0 saturated heterocycles. The summed E-state index contributed by atoms with van der Waals surface area (Å²) in [6.45, 7) is 3.62. The van der Waals surface area contributed by atoms with Crippen LogP contribution in [-0.4, -0.2) is 24.3 Å². The lowest BCUT2D eigenvalue weighted by molar-refractivity contribution is -0.114. The maximum Gasteiger partial charge on any atom is 0.414 e. The summed E-state index contributed by atoms with van der Waals surface area (Å²) in [5.74, 6) is -1.01. The van der Waals surface area contributed by atoms with E-state index in [9.17, 15) is 14.9 Å². The number of ether oxygens (including phenoxy) is 1. The molecule has 0 spiro atoms. The molecule has 0 aliphatic carbocycles. The van der Waals surface area contributed by atoms with Crippen molar-refractivity contribution in [2.24, 2.45) is 5.10 Å². The second-order valence-corrected chi connectivity index (χ2v) is 7.67. The van der Waals surface area contributed by atoms with Gasteiger partial charge in [-0.3, -0.25) is 15.5 Å². The SMILES string of the molecule is CCCC(C#N)(c1ccc(Cl)cc1)c1ccc(NN=C(C#N)C(=O)NC(=O)OCC)cc1Cl. The smallest absolute Gasteiger partial charge is 0.414 e. The Morgan fingerprint density at radius 1 is 1.12 bits per heavy atom. The van der Waals surface area contributed by atoms with Crippen LogP contribution in [0.4, 0.5) is 10.5 Å². The van der Waals surface area contributed by atoms with E-state index in [0.29, 0.717) is 27.7 Å². The van der Waals surface area contributed by atoms with Crippen LogP contribution in [-0.2, 0) is 14.9 Å². The van der Waals surface area contributed by atoms with E-state index in [-0.39, 0.29) is 6.61 Å². The number of rotatable bonds is 8. The number of benzene rings is 2. The van der Waals surface area contributed by atoms with Gasteiger partial charge in [-0.2, -0.15) is 15.6 Å². The van der Waals surface area contributed by atoms with Crippen LogP contribution in [0, 0.1) is 22.7 Å². The first-order valence-corrected chi connectivity index (χ1v) is 10.8. The summed E-state index contributed by atoms with van der Waals surface area (Å²) in [5, 5.41) is 25.8. The van der Waals surface area contributed by atoms with E-state index in [2.05, 4.69) is 21.3 Å². The fourth-order valence-electron chi connectivity index (χ4n) is 3.22. The van der Waals surface area contributed by atoms with Gasteiger partial charge in [0.25, 0.3) is 5.91 Å². The molecule has 0 radical (unpaired) electrons. The molecule has 170 valence electrons. The number of carbonyl (C=O) groups excluding carboxylic acids is 2. The zero-order valence-electron chi connectivity index (χ0n) is 18.0. The van der Waals surface area contributed by atoms with E-state index in [1.807, 2.05) is 12.2 Å². The second-order valence-electron chi connectivity index (χ2n) is 6.83. The number of hydrogen-bond donors (Lipinski definition) is 2. The molecular weight excluding hydrogens is 465 g/mol. The quantitative estimate of drug-likeness (QED) is 0.392. The molecule has 0 aliphatic heterocycles. The third-order valence-corrected chi connectivity index (χ3v) is 5.26. The van der Waals surface area contributed by atoms with Gasteiger partial charge >= 0.3 is 6.09 Å². The number of hydrazone groups is 1. The molecule has 2 aromatic carbocycles.